The highest BCUT2D eigenvalue weighted by atomic mass is 35.5. The van der Waals surface area contributed by atoms with Crippen LogP contribution < -0.4 is 15.2 Å². The number of hydrogen-bond acceptors (Lipinski definition) is 5. The number of nitrogens with zero attached hydrogens (tertiary/aromatic N) is 2. The molecule has 12 heteroatoms. The summed E-state index contributed by atoms with van der Waals surface area (Å²) in [4.78, 5) is 18.7. The lowest BCUT2D eigenvalue weighted by Gasteiger charge is -2.16. The maximum absolute atomic E-state index is 12.6. The molecule has 1 amide bonds. The number of carbonyl (C=O) groups excluding carboxylic acids is 1. The van der Waals surface area contributed by atoms with Crippen LogP contribution in [0, 0.1) is 0 Å². The van der Waals surface area contributed by atoms with Gasteiger partial charge in [0.15, 0.2) is 5.82 Å². The van der Waals surface area contributed by atoms with Gasteiger partial charge in [0.25, 0.3) is 10.0 Å². The van der Waals surface area contributed by atoms with Crippen LogP contribution in [-0.4, -0.2) is 25.9 Å². The lowest BCUT2D eigenvalue weighted by Crippen LogP contribution is -2.30. The van der Waals surface area contributed by atoms with Crippen LogP contribution in [0.25, 0.3) is 0 Å². The molecule has 28 heavy (non-hydrogen) atoms. The first-order chi connectivity index (χ1) is 13.1. The molecule has 1 saturated heterocycles. The summed E-state index contributed by atoms with van der Waals surface area (Å²) < 4.78 is 62.5. The second-order valence-electron chi connectivity index (χ2n) is 5.93. The van der Waals surface area contributed by atoms with Crippen LogP contribution in [0.5, 0.6) is 0 Å². The van der Waals surface area contributed by atoms with Gasteiger partial charge in [-0.25, -0.2) is 13.4 Å². The van der Waals surface area contributed by atoms with Crippen molar-refractivity contribution < 1.29 is 26.4 Å². The standard InChI is InChI=1S/C16H14ClF3N4O3S/c17-13-8-10(16(18,19)20)9-21-15(13)22-23-28(26,27)12-5-3-11(4-6-12)24-7-1-2-14(24)25/h3-6,8-9,23H,1-2,7H2,(H,21,22). The van der Waals surface area contributed by atoms with E-state index < -0.39 is 26.8 Å². The van der Waals surface area contributed by atoms with Crippen molar-refractivity contribution in [3.05, 3.63) is 47.1 Å². The molecule has 1 aromatic heterocycles. The minimum Gasteiger partial charge on any atom is -0.312 e. The molecular formula is C16H14ClF3N4O3S. The van der Waals surface area contributed by atoms with Gasteiger partial charge < -0.3 is 4.90 Å². The zero-order valence-electron chi connectivity index (χ0n) is 14.1. The number of hydrazine groups is 1. The number of hydrogen-bond donors (Lipinski definition) is 2. The van der Waals surface area contributed by atoms with Gasteiger partial charge in [-0.15, -0.1) is 4.83 Å². The number of pyridine rings is 1. The van der Waals surface area contributed by atoms with E-state index in [-0.39, 0.29) is 16.6 Å². The summed E-state index contributed by atoms with van der Waals surface area (Å²) in [6.07, 6.45) is -2.89. The summed E-state index contributed by atoms with van der Waals surface area (Å²) in [5.74, 6) is -0.309. The maximum Gasteiger partial charge on any atom is 0.417 e. The summed E-state index contributed by atoms with van der Waals surface area (Å²) in [6.45, 7) is 0.572. The quantitative estimate of drug-likeness (QED) is 0.705. The molecule has 0 aliphatic carbocycles. The first kappa shape index (κ1) is 20.4. The molecule has 0 bridgehead atoms. The molecule has 1 aromatic carbocycles. The minimum atomic E-state index is -4.62. The number of amides is 1. The van der Waals surface area contributed by atoms with Crippen LogP contribution in [0.1, 0.15) is 18.4 Å². The third-order valence-electron chi connectivity index (χ3n) is 4.00. The summed E-state index contributed by atoms with van der Waals surface area (Å²) in [5.41, 5.74) is 1.72. The average Bonchev–Trinajstić information content (AvgIpc) is 3.06. The molecule has 2 aromatic rings. The van der Waals surface area contributed by atoms with E-state index in [1.807, 2.05) is 4.83 Å². The molecule has 2 N–H and O–H groups in total. The van der Waals surface area contributed by atoms with Crippen molar-refractivity contribution in [2.24, 2.45) is 0 Å². The van der Waals surface area contributed by atoms with E-state index in [2.05, 4.69) is 10.4 Å². The lowest BCUT2D eigenvalue weighted by molar-refractivity contribution is -0.137. The van der Waals surface area contributed by atoms with Crippen molar-refractivity contribution in [1.29, 1.82) is 0 Å². The molecule has 2 heterocycles. The van der Waals surface area contributed by atoms with Crippen molar-refractivity contribution >= 4 is 39.0 Å². The van der Waals surface area contributed by atoms with Crippen molar-refractivity contribution in [2.75, 3.05) is 16.9 Å². The Kier molecular flexibility index (Phi) is 5.50. The summed E-state index contributed by atoms with van der Waals surface area (Å²) >= 11 is 5.72. The Bertz CT molecular complexity index is 997. The number of sulfonamides is 1. The van der Waals surface area contributed by atoms with Gasteiger partial charge in [0.05, 0.1) is 15.5 Å². The fraction of sp³-hybridized carbons (Fsp3) is 0.250. The summed E-state index contributed by atoms with van der Waals surface area (Å²) in [5, 5.41) is -0.402. The number of benzene rings is 1. The molecule has 0 saturated carbocycles. The van der Waals surface area contributed by atoms with E-state index in [4.69, 9.17) is 11.6 Å². The Balaban J connectivity index is 1.71. The van der Waals surface area contributed by atoms with E-state index in [9.17, 15) is 26.4 Å². The van der Waals surface area contributed by atoms with Crippen LogP contribution in [0.2, 0.25) is 5.02 Å². The zero-order valence-corrected chi connectivity index (χ0v) is 15.7. The first-order valence-corrected chi connectivity index (χ1v) is 9.85. The van der Waals surface area contributed by atoms with Crippen molar-refractivity contribution in [1.82, 2.24) is 9.82 Å². The topological polar surface area (TPSA) is 91.4 Å². The summed E-state index contributed by atoms with van der Waals surface area (Å²) in [6, 6.07) is 6.26. The van der Waals surface area contributed by atoms with Crippen molar-refractivity contribution in [3.8, 4) is 0 Å². The number of nitrogens with one attached hydrogen (secondary N) is 2. The second kappa shape index (κ2) is 7.57. The summed E-state index contributed by atoms with van der Waals surface area (Å²) in [7, 11) is -4.05. The largest absolute Gasteiger partial charge is 0.417 e. The van der Waals surface area contributed by atoms with Gasteiger partial charge in [0.1, 0.15) is 0 Å². The van der Waals surface area contributed by atoms with Crippen LogP contribution in [0.3, 0.4) is 0 Å². The highest BCUT2D eigenvalue weighted by Crippen LogP contribution is 2.32. The number of alkyl halides is 3. The minimum absolute atomic E-state index is 0.0292. The van der Waals surface area contributed by atoms with Gasteiger partial charge in [-0.2, -0.15) is 13.2 Å². The van der Waals surface area contributed by atoms with Gasteiger partial charge in [-0.1, -0.05) is 11.6 Å². The first-order valence-electron chi connectivity index (χ1n) is 7.99. The Morgan fingerprint density at radius 2 is 1.86 bits per heavy atom. The third kappa shape index (κ3) is 4.37. The predicted octanol–water partition coefficient (Wildman–Crippen LogP) is 3.19. The molecular weight excluding hydrogens is 421 g/mol. The third-order valence-corrected chi connectivity index (χ3v) is 5.56. The van der Waals surface area contributed by atoms with Crippen molar-refractivity contribution in [2.45, 2.75) is 23.9 Å². The van der Waals surface area contributed by atoms with Gasteiger partial charge in [-0.05, 0) is 36.8 Å². The Morgan fingerprint density at radius 1 is 1.18 bits per heavy atom. The molecule has 0 unspecified atom stereocenters. The highest BCUT2D eigenvalue weighted by Gasteiger charge is 2.31. The molecule has 0 spiro atoms. The highest BCUT2D eigenvalue weighted by molar-refractivity contribution is 7.89. The van der Waals surface area contributed by atoms with Crippen LogP contribution >= 0.6 is 11.6 Å². The Morgan fingerprint density at radius 3 is 2.39 bits per heavy atom. The second-order valence-corrected chi connectivity index (χ2v) is 8.02. The molecule has 1 fully saturated rings. The van der Waals surface area contributed by atoms with E-state index in [0.29, 0.717) is 30.9 Å². The van der Waals surface area contributed by atoms with Crippen LogP contribution in [0.15, 0.2) is 41.4 Å². The number of aromatic nitrogens is 1. The predicted molar refractivity (Wildman–Crippen MR) is 96.2 cm³/mol. The molecule has 3 rings (SSSR count). The van der Waals surface area contributed by atoms with Gasteiger partial charge in [0.2, 0.25) is 5.91 Å². The van der Waals surface area contributed by atoms with Crippen molar-refractivity contribution in [3.63, 3.8) is 0 Å². The lowest BCUT2D eigenvalue weighted by atomic mass is 10.3. The number of anilines is 2. The fourth-order valence-electron chi connectivity index (χ4n) is 2.59. The van der Waals surface area contributed by atoms with Crippen LogP contribution in [0.4, 0.5) is 24.7 Å². The molecule has 0 atom stereocenters. The van der Waals surface area contributed by atoms with Gasteiger partial charge in [0, 0.05) is 24.8 Å². The van der Waals surface area contributed by atoms with Gasteiger partial charge >= 0.3 is 6.18 Å². The zero-order chi connectivity index (χ0) is 20.5. The average molecular weight is 435 g/mol. The Labute approximate surface area is 163 Å². The number of rotatable bonds is 5. The SMILES string of the molecule is O=C1CCCN1c1ccc(S(=O)(=O)NNc2ncc(C(F)(F)F)cc2Cl)cc1. The monoisotopic (exact) mass is 434 g/mol. The van der Waals surface area contributed by atoms with Gasteiger partial charge in [-0.3, -0.25) is 10.2 Å². The number of halogens is 4. The fourth-order valence-corrected chi connectivity index (χ4v) is 3.64. The Hall–Kier alpha value is -2.37. The van der Waals surface area contributed by atoms with E-state index in [0.717, 1.165) is 6.42 Å². The maximum atomic E-state index is 12.6. The molecule has 1 aliphatic rings. The van der Waals surface area contributed by atoms with E-state index in [1.165, 1.54) is 24.3 Å². The molecule has 7 nitrogen and oxygen atoms in total. The van der Waals surface area contributed by atoms with Crippen LogP contribution in [-0.2, 0) is 21.0 Å². The smallest absolute Gasteiger partial charge is 0.312 e. The van der Waals surface area contributed by atoms with E-state index >= 15 is 0 Å². The normalized spacial score (nSPS) is 15.1. The number of carbonyl (C=O) groups is 1. The molecule has 1 aliphatic heterocycles. The molecule has 150 valence electrons. The molecule has 0 radical (unpaired) electrons. The van der Waals surface area contributed by atoms with E-state index in [1.54, 1.807) is 4.90 Å².